The fourth-order valence-corrected chi connectivity index (χ4v) is 3.79. The number of hydrogen-bond donors (Lipinski definition) is 1. The number of aliphatic carboxylic acids is 1. The Morgan fingerprint density at radius 3 is 2.69 bits per heavy atom. The smallest absolute Gasteiger partial charge is 0.317 e. The second kappa shape index (κ2) is 7.01. The van der Waals surface area contributed by atoms with E-state index in [1.807, 2.05) is 47.4 Å². The average molecular weight is 354 g/mol. The maximum absolute atomic E-state index is 11.0. The predicted octanol–water partition coefficient (Wildman–Crippen LogP) is 1.51. The Hall–Kier alpha value is -2.51. The topological polar surface area (TPSA) is 78.8 Å². The molecule has 1 aromatic heterocycles. The molecule has 0 saturated carbocycles. The van der Waals surface area contributed by atoms with E-state index in [4.69, 9.17) is 9.84 Å². The number of aromatic nitrogens is 2. The minimum absolute atomic E-state index is 0.0662. The van der Waals surface area contributed by atoms with Crippen molar-refractivity contribution in [3.8, 4) is 11.3 Å². The van der Waals surface area contributed by atoms with Crippen molar-refractivity contribution in [1.82, 2.24) is 15.1 Å². The third-order valence-electron chi connectivity index (χ3n) is 5.05. The maximum Gasteiger partial charge on any atom is 0.317 e. The van der Waals surface area contributed by atoms with E-state index in [0.29, 0.717) is 26.2 Å². The Labute approximate surface area is 152 Å². The molecule has 2 fully saturated rings. The number of carbonyl (C=O) groups is 1. The standard InChI is InChI=1S/C19H22N4O3/c24-18(25)12-22-10-11-26-19(13-22)8-9-23(14-19)17-7-6-16(20-21-17)15-4-2-1-3-5-15/h1-7H,8-14H2,(H,24,25). The van der Waals surface area contributed by atoms with Crippen molar-refractivity contribution in [2.75, 3.05) is 44.2 Å². The first-order valence-corrected chi connectivity index (χ1v) is 8.86. The molecule has 26 heavy (non-hydrogen) atoms. The van der Waals surface area contributed by atoms with Crippen molar-refractivity contribution < 1.29 is 14.6 Å². The van der Waals surface area contributed by atoms with Gasteiger partial charge in [0.1, 0.15) is 5.60 Å². The van der Waals surface area contributed by atoms with Gasteiger partial charge in [0.05, 0.1) is 18.8 Å². The summed E-state index contributed by atoms with van der Waals surface area (Å²) in [4.78, 5) is 15.1. The summed E-state index contributed by atoms with van der Waals surface area (Å²) in [5.74, 6) is 0.0415. The van der Waals surface area contributed by atoms with Crippen LogP contribution in [0.5, 0.6) is 0 Å². The molecule has 7 heteroatoms. The Kier molecular flexibility index (Phi) is 4.57. The normalized spacial score (nSPS) is 23.5. The van der Waals surface area contributed by atoms with Crippen LogP contribution in [0, 0.1) is 0 Å². The summed E-state index contributed by atoms with van der Waals surface area (Å²) in [6.07, 6.45) is 0.866. The first-order valence-electron chi connectivity index (χ1n) is 8.86. The van der Waals surface area contributed by atoms with Crippen LogP contribution in [0.4, 0.5) is 5.82 Å². The van der Waals surface area contributed by atoms with Gasteiger partial charge in [0, 0.05) is 31.7 Å². The fourth-order valence-electron chi connectivity index (χ4n) is 3.79. The first-order chi connectivity index (χ1) is 12.6. The summed E-state index contributed by atoms with van der Waals surface area (Å²) in [6.45, 7) is 3.49. The molecule has 7 nitrogen and oxygen atoms in total. The summed E-state index contributed by atoms with van der Waals surface area (Å²) in [5.41, 5.74) is 1.59. The molecule has 2 aromatic rings. The van der Waals surface area contributed by atoms with Crippen LogP contribution in [-0.2, 0) is 9.53 Å². The molecule has 1 unspecified atom stereocenters. The first kappa shape index (κ1) is 16.9. The van der Waals surface area contributed by atoms with Gasteiger partial charge in [0.25, 0.3) is 0 Å². The van der Waals surface area contributed by atoms with Crippen LogP contribution in [0.2, 0.25) is 0 Å². The van der Waals surface area contributed by atoms with Crippen molar-refractivity contribution in [2.24, 2.45) is 0 Å². The van der Waals surface area contributed by atoms with E-state index in [1.54, 1.807) is 0 Å². The minimum Gasteiger partial charge on any atom is -0.480 e. The van der Waals surface area contributed by atoms with Gasteiger partial charge >= 0.3 is 5.97 Å². The lowest BCUT2D eigenvalue weighted by molar-refractivity contribution is -0.143. The van der Waals surface area contributed by atoms with Crippen LogP contribution in [0.15, 0.2) is 42.5 Å². The molecule has 1 spiro atoms. The van der Waals surface area contributed by atoms with Gasteiger partial charge in [0.2, 0.25) is 0 Å². The molecule has 2 aliphatic heterocycles. The number of carboxylic acid groups (broad SMARTS) is 1. The number of rotatable bonds is 4. The third kappa shape index (κ3) is 3.54. The molecular formula is C19H22N4O3. The zero-order chi connectivity index (χ0) is 18.0. The zero-order valence-electron chi connectivity index (χ0n) is 14.5. The lowest BCUT2D eigenvalue weighted by atomic mass is 10.0. The van der Waals surface area contributed by atoms with Gasteiger partial charge in [-0.2, -0.15) is 0 Å². The molecule has 0 radical (unpaired) electrons. The molecule has 0 amide bonds. The minimum atomic E-state index is -0.792. The molecule has 0 aliphatic carbocycles. The highest BCUT2D eigenvalue weighted by Gasteiger charge is 2.43. The lowest BCUT2D eigenvalue weighted by Crippen LogP contribution is -2.54. The number of morpholine rings is 1. The van der Waals surface area contributed by atoms with Crippen molar-refractivity contribution in [2.45, 2.75) is 12.0 Å². The number of anilines is 1. The SMILES string of the molecule is O=C(O)CN1CCOC2(CCN(c3ccc(-c4ccccc4)nn3)C2)C1. The second-order valence-electron chi connectivity index (χ2n) is 6.95. The second-order valence-corrected chi connectivity index (χ2v) is 6.95. The van der Waals surface area contributed by atoms with Gasteiger partial charge in [-0.25, -0.2) is 0 Å². The van der Waals surface area contributed by atoms with Crippen molar-refractivity contribution in [3.63, 3.8) is 0 Å². The average Bonchev–Trinajstić information content (AvgIpc) is 3.05. The Morgan fingerprint density at radius 2 is 1.96 bits per heavy atom. The molecule has 2 saturated heterocycles. The van der Waals surface area contributed by atoms with Gasteiger partial charge in [-0.15, -0.1) is 10.2 Å². The molecule has 2 aliphatic rings. The Morgan fingerprint density at radius 1 is 1.12 bits per heavy atom. The van der Waals surface area contributed by atoms with Gasteiger partial charge < -0.3 is 14.7 Å². The van der Waals surface area contributed by atoms with E-state index in [-0.39, 0.29) is 12.1 Å². The van der Waals surface area contributed by atoms with E-state index in [0.717, 1.165) is 30.0 Å². The van der Waals surface area contributed by atoms with Gasteiger partial charge in [-0.1, -0.05) is 30.3 Å². The molecule has 0 bridgehead atoms. The maximum atomic E-state index is 11.0. The van der Waals surface area contributed by atoms with E-state index in [9.17, 15) is 4.79 Å². The molecule has 1 aromatic carbocycles. The molecule has 136 valence electrons. The van der Waals surface area contributed by atoms with Crippen LogP contribution in [-0.4, -0.2) is 71.1 Å². The number of benzene rings is 1. The van der Waals surface area contributed by atoms with Gasteiger partial charge in [0.15, 0.2) is 5.82 Å². The summed E-state index contributed by atoms with van der Waals surface area (Å²) >= 11 is 0. The summed E-state index contributed by atoms with van der Waals surface area (Å²) in [7, 11) is 0. The Balaban J connectivity index is 1.44. The number of ether oxygens (including phenoxy) is 1. The van der Waals surface area contributed by atoms with Crippen LogP contribution < -0.4 is 4.90 Å². The van der Waals surface area contributed by atoms with Crippen LogP contribution in [0.25, 0.3) is 11.3 Å². The van der Waals surface area contributed by atoms with Crippen LogP contribution >= 0.6 is 0 Å². The predicted molar refractivity (Wildman–Crippen MR) is 97.1 cm³/mol. The lowest BCUT2D eigenvalue weighted by Gasteiger charge is -2.39. The Bertz CT molecular complexity index is 768. The highest BCUT2D eigenvalue weighted by Crippen LogP contribution is 2.31. The zero-order valence-corrected chi connectivity index (χ0v) is 14.5. The third-order valence-corrected chi connectivity index (χ3v) is 5.05. The largest absolute Gasteiger partial charge is 0.480 e. The molecule has 1 atom stereocenters. The number of nitrogens with zero attached hydrogens (tertiary/aromatic N) is 4. The monoisotopic (exact) mass is 354 g/mol. The van der Waals surface area contributed by atoms with E-state index >= 15 is 0 Å². The van der Waals surface area contributed by atoms with Crippen LogP contribution in [0.3, 0.4) is 0 Å². The highest BCUT2D eigenvalue weighted by atomic mass is 16.5. The number of hydrogen-bond acceptors (Lipinski definition) is 6. The van der Waals surface area contributed by atoms with Crippen LogP contribution in [0.1, 0.15) is 6.42 Å². The highest BCUT2D eigenvalue weighted by molar-refractivity contribution is 5.69. The van der Waals surface area contributed by atoms with Crippen molar-refractivity contribution in [1.29, 1.82) is 0 Å². The summed E-state index contributed by atoms with van der Waals surface area (Å²) < 4.78 is 6.06. The summed E-state index contributed by atoms with van der Waals surface area (Å²) in [6, 6.07) is 14.0. The van der Waals surface area contributed by atoms with Gasteiger partial charge in [-0.3, -0.25) is 9.69 Å². The van der Waals surface area contributed by atoms with E-state index in [2.05, 4.69) is 15.1 Å². The number of carboxylic acids is 1. The van der Waals surface area contributed by atoms with E-state index in [1.165, 1.54) is 0 Å². The van der Waals surface area contributed by atoms with Gasteiger partial charge in [-0.05, 0) is 18.6 Å². The van der Waals surface area contributed by atoms with Crippen molar-refractivity contribution >= 4 is 11.8 Å². The quantitative estimate of drug-likeness (QED) is 0.891. The summed E-state index contributed by atoms with van der Waals surface area (Å²) in [5, 5.41) is 17.8. The fraction of sp³-hybridized carbons (Fsp3) is 0.421. The molecule has 1 N–H and O–H groups in total. The van der Waals surface area contributed by atoms with Crippen molar-refractivity contribution in [3.05, 3.63) is 42.5 Å². The molecule has 4 rings (SSSR count). The molecular weight excluding hydrogens is 332 g/mol. The van der Waals surface area contributed by atoms with E-state index < -0.39 is 5.97 Å². The molecule has 3 heterocycles.